The number of fused-ring (bicyclic) bond motifs is 1. The maximum absolute atomic E-state index is 12.7. The summed E-state index contributed by atoms with van der Waals surface area (Å²) in [7, 11) is 1.39. The van der Waals surface area contributed by atoms with Gasteiger partial charge in [0.1, 0.15) is 0 Å². The zero-order chi connectivity index (χ0) is 18.0. The van der Waals surface area contributed by atoms with Gasteiger partial charge in [-0.2, -0.15) is 4.74 Å². The molecule has 9 heteroatoms. The van der Waals surface area contributed by atoms with E-state index in [1.54, 1.807) is 30.3 Å². The number of hydroxylamine groups is 1. The molecule has 0 spiro atoms. The van der Waals surface area contributed by atoms with Gasteiger partial charge in [-0.25, -0.2) is 10.0 Å². The second-order valence-electron chi connectivity index (χ2n) is 5.34. The van der Waals surface area contributed by atoms with Crippen LogP contribution in [0.2, 0.25) is 0 Å². The zero-order valence-corrected chi connectivity index (χ0v) is 13.2. The summed E-state index contributed by atoms with van der Waals surface area (Å²) in [6, 6.07) is 12.9. The molecule has 9 nitrogen and oxygen atoms in total. The summed E-state index contributed by atoms with van der Waals surface area (Å²) in [5.41, 5.74) is 1.37. The molecule has 3 rings (SSSR count). The van der Waals surface area contributed by atoms with Gasteiger partial charge in [0.05, 0.1) is 21.5 Å². The van der Waals surface area contributed by atoms with Crippen LogP contribution in [-0.4, -0.2) is 39.8 Å². The number of hydrogen-bond donors (Lipinski definition) is 0. The fourth-order valence-corrected chi connectivity index (χ4v) is 2.56. The number of rotatable bonds is 3. The summed E-state index contributed by atoms with van der Waals surface area (Å²) in [4.78, 5) is 25.7. The first-order valence-electron chi connectivity index (χ1n) is 7.31. The molecule has 0 atom stereocenters. The summed E-state index contributed by atoms with van der Waals surface area (Å²) >= 11 is 0. The van der Waals surface area contributed by atoms with Crippen molar-refractivity contribution in [3.05, 3.63) is 79.9 Å². The third-order valence-electron chi connectivity index (χ3n) is 3.77. The first-order valence-corrected chi connectivity index (χ1v) is 7.31. The van der Waals surface area contributed by atoms with Crippen molar-refractivity contribution in [1.82, 2.24) is 5.01 Å². The minimum atomic E-state index is -0.535. The standard InChI is InChI=1S/C16H13N5O4/c1-19(18-22)15-10-20(23)16(11-5-3-2-4-6-11)13-9-12(21(24)25)7-8-14(13)17-15/h2-9H,10H2,1H3. The Labute approximate surface area is 142 Å². The molecule has 1 aliphatic rings. The number of nitro groups is 1. The number of amidine groups is 1. The zero-order valence-electron chi connectivity index (χ0n) is 13.2. The molecule has 0 saturated carbocycles. The number of nitro benzene ring substituents is 1. The van der Waals surface area contributed by atoms with Crippen LogP contribution in [0.4, 0.5) is 11.4 Å². The molecule has 0 unspecified atom stereocenters. The highest BCUT2D eigenvalue weighted by molar-refractivity contribution is 6.14. The number of hydrogen-bond acceptors (Lipinski definition) is 6. The van der Waals surface area contributed by atoms with Crippen molar-refractivity contribution in [2.75, 3.05) is 13.6 Å². The molecule has 0 fully saturated rings. The van der Waals surface area contributed by atoms with Gasteiger partial charge in [0.15, 0.2) is 5.84 Å². The average molecular weight is 339 g/mol. The summed E-state index contributed by atoms with van der Waals surface area (Å²) in [5, 5.41) is 27.6. The number of nitroso groups, excluding NO2 is 1. The van der Waals surface area contributed by atoms with Crippen LogP contribution in [0.1, 0.15) is 11.1 Å². The predicted molar refractivity (Wildman–Crippen MR) is 91.9 cm³/mol. The summed E-state index contributed by atoms with van der Waals surface area (Å²) in [6.45, 7) is -0.213. The van der Waals surface area contributed by atoms with E-state index in [-0.39, 0.29) is 23.8 Å². The SMILES string of the molecule is CN(N=O)C1=Nc2ccc([N+](=O)[O-])cc2C(c2ccccc2)=[N+]([O-])C1. The number of aliphatic imine (C=N–C) groups is 1. The molecule has 2 aromatic rings. The molecule has 0 bridgehead atoms. The van der Waals surface area contributed by atoms with Crippen LogP contribution in [0.15, 0.2) is 58.8 Å². The molecule has 0 aliphatic carbocycles. The van der Waals surface area contributed by atoms with E-state index < -0.39 is 4.92 Å². The maximum Gasteiger partial charge on any atom is 0.270 e. The average Bonchev–Trinajstić information content (AvgIpc) is 2.76. The van der Waals surface area contributed by atoms with Gasteiger partial charge >= 0.3 is 0 Å². The molecular weight excluding hydrogens is 326 g/mol. The minimum absolute atomic E-state index is 0.144. The van der Waals surface area contributed by atoms with Crippen LogP contribution in [0.25, 0.3) is 0 Å². The van der Waals surface area contributed by atoms with Gasteiger partial charge in [0.25, 0.3) is 5.69 Å². The highest BCUT2D eigenvalue weighted by Crippen LogP contribution is 2.29. The van der Waals surface area contributed by atoms with Crippen molar-refractivity contribution < 1.29 is 9.66 Å². The van der Waals surface area contributed by atoms with E-state index in [1.165, 1.54) is 25.2 Å². The fraction of sp³-hybridized carbons (Fsp3) is 0.125. The van der Waals surface area contributed by atoms with Gasteiger partial charge in [-0.15, -0.1) is 4.91 Å². The summed E-state index contributed by atoms with van der Waals surface area (Å²) in [6.07, 6.45) is 0. The number of likely N-dealkylation sites (N-methyl/N-ethyl adjacent to an activating group) is 1. The fourth-order valence-electron chi connectivity index (χ4n) is 2.56. The Balaban J connectivity index is 2.28. The van der Waals surface area contributed by atoms with Crippen molar-refractivity contribution in [3.8, 4) is 0 Å². The molecule has 2 aromatic carbocycles. The third kappa shape index (κ3) is 3.07. The van der Waals surface area contributed by atoms with Gasteiger partial charge in [0.2, 0.25) is 12.3 Å². The van der Waals surface area contributed by atoms with E-state index in [1.807, 2.05) is 0 Å². The van der Waals surface area contributed by atoms with Crippen molar-refractivity contribution in [1.29, 1.82) is 0 Å². The quantitative estimate of drug-likeness (QED) is 0.280. The molecule has 0 aromatic heterocycles. The van der Waals surface area contributed by atoms with Crippen LogP contribution < -0.4 is 0 Å². The molecule has 126 valence electrons. The normalized spacial score (nSPS) is 13.6. The van der Waals surface area contributed by atoms with Crippen molar-refractivity contribution >= 4 is 22.9 Å². The monoisotopic (exact) mass is 339 g/mol. The second kappa shape index (κ2) is 6.48. The van der Waals surface area contributed by atoms with Crippen molar-refractivity contribution in [3.63, 3.8) is 0 Å². The molecule has 25 heavy (non-hydrogen) atoms. The Kier molecular flexibility index (Phi) is 4.21. The topological polar surface area (TPSA) is 114 Å². The smallest absolute Gasteiger partial charge is 0.270 e. The summed E-state index contributed by atoms with van der Waals surface area (Å²) in [5.74, 6) is 0.144. The van der Waals surface area contributed by atoms with Gasteiger partial charge in [-0.05, 0) is 18.2 Å². The van der Waals surface area contributed by atoms with Crippen LogP contribution in [0.5, 0.6) is 0 Å². The van der Waals surface area contributed by atoms with E-state index >= 15 is 0 Å². The van der Waals surface area contributed by atoms with Crippen LogP contribution in [0.3, 0.4) is 0 Å². The van der Waals surface area contributed by atoms with E-state index in [4.69, 9.17) is 0 Å². The first-order chi connectivity index (χ1) is 12.0. The molecular formula is C16H13N5O4. The Morgan fingerprint density at radius 2 is 1.96 bits per heavy atom. The van der Waals surface area contributed by atoms with Gasteiger partial charge < -0.3 is 5.21 Å². The van der Waals surface area contributed by atoms with Crippen LogP contribution in [-0.2, 0) is 0 Å². The Morgan fingerprint density at radius 3 is 2.60 bits per heavy atom. The molecule has 0 amide bonds. The molecule has 0 N–H and O–H groups in total. The van der Waals surface area contributed by atoms with E-state index in [2.05, 4.69) is 10.3 Å². The molecule has 1 heterocycles. The van der Waals surface area contributed by atoms with Gasteiger partial charge in [-0.3, -0.25) is 10.1 Å². The molecule has 0 radical (unpaired) electrons. The Bertz CT molecular complexity index is 908. The van der Waals surface area contributed by atoms with E-state index in [0.717, 1.165) is 5.01 Å². The van der Waals surface area contributed by atoms with Gasteiger partial charge in [0, 0.05) is 24.7 Å². The highest BCUT2D eigenvalue weighted by Gasteiger charge is 2.27. The predicted octanol–water partition coefficient (Wildman–Crippen LogP) is 2.60. The lowest BCUT2D eigenvalue weighted by molar-refractivity contribution is -0.440. The lowest BCUT2D eigenvalue weighted by Crippen LogP contribution is -2.30. The first kappa shape index (κ1) is 16.2. The van der Waals surface area contributed by atoms with Crippen LogP contribution >= 0.6 is 0 Å². The van der Waals surface area contributed by atoms with Crippen molar-refractivity contribution in [2.24, 2.45) is 10.3 Å². The number of non-ortho nitro benzene ring substituents is 1. The number of benzene rings is 2. The largest absolute Gasteiger partial charge is 0.623 e. The Hall–Kier alpha value is -3.62. The van der Waals surface area contributed by atoms with E-state index in [0.29, 0.717) is 21.6 Å². The third-order valence-corrected chi connectivity index (χ3v) is 3.77. The molecule has 1 aliphatic heterocycles. The minimum Gasteiger partial charge on any atom is -0.623 e. The molecule has 0 saturated heterocycles. The van der Waals surface area contributed by atoms with E-state index in [9.17, 15) is 20.2 Å². The Morgan fingerprint density at radius 1 is 1.24 bits per heavy atom. The maximum atomic E-state index is 12.7. The second-order valence-corrected chi connectivity index (χ2v) is 5.34. The van der Waals surface area contributed by atoms with Gasteiger partial charge in [-0.1, -0.05) is 18.2 Å². The van der Waals surface area contributed by atoms with Crippen molar-refractivity contribution in [2.45, 2.75) is 0 Å². The lowest BCUT2D eigenvalue weighted by Gasteiger charge is -2.12. The number of nitrogens with zero attached hydrogens (tertiary/aromatic N) is 5. The van der Waals surface area contributed by atoms with Crippen LogP contribution in [0, 0.1) is 20.2 Å². The highest BCUT2D eigenvalue weighted by atomic mass is 16.6. The lowest BCUT2D eigenvalue weighted by atomic mass is 10.00. The summed E-state index contributed by atoms with van der Waals surface area (Å²) < 4.78 is 0.658.